The molecule has 0 heterocycles. The number of nitrogens with two attached hydrogens (primary N) is 1. The molecule has 0 spiro atoms. The van der Waals surface area contributed by atoms with E-state index in [4.69, 9.17) is 10.5 Å². The molecule has 0 fully saturated rings. The fourth-order valence-electron chi connectivity index (χ4n) is 1.42. The molecule has 1 rings (SSSR count). The topological polar surface area (TPSA) is 52.3 Å². The molecule has 2 N–H and O–H groups in total. The van der Waals surface area contributed by atoms with E-state index in [0.29, 0.717) is 6.61 Å². The summed E-state index contributed by atoms with van der Waals surface area (Å²) in [4.78, 5) is 11.9. The molecule has 17 heavy (non-hydrogen) atoms. The van der Waals surface area contributed by atoms with Gasteiger partial charge in [-0.15, -0.1) is 0 Å². The number of ketones is 1. The summed E-state index contributed by atoms with van der Waals surface area (Å²) in [5.41, 5.74) is 6.02. The number of hydrogen-bond acceptors (Lipinski definition) is 3. The largest absolute Gasteiger partial charge is 0.491 e. The Bertz CT molecular complexity index is 404. The summed E-state index contributed by atoms with van der Waals surface area (Å²) in [6.07, 6.45) is 0. The van der Waals surface area contributed by atoms with Crippen molar-refractivity contribution in [1.82, 2.24) is 0 Å². The van der Waals surface area contributed by atoms with Crippen molar-refractivity contribution in [2.75, 3.05) is 6.61 Å². The first-order valence-electron chi connectivity index (χ1n) is 5.69. The summed E-state index contributed by atoms with van der Waals surface area (Å²) in [5.74, 6) is -0.602. The van der Waals surface area contributed by atoms with Crippen molar-refractivity contribution in [1.29, 1.82) is 0 Å². The second-order valence-corrected chi connectivity index (χ2v) is 4.21. The monoisotopic (exact) mass is 239 g/mol. The lowest BCUT2D eigenvalue weighted by Gasteiger charge is -2.14. The van der Waals surface area contributed by atoms with Crippen LogP contribution in [0.5, 0.6) is 5.75 Å². The second-order valence-electron chi connectivity index (χ2n) is 4.21. The van der Waals surface area contributed by atoms with Gasteiger partial charge in [-0.05, 0) is 31.0 Å². The maximum absolute atomic E-state index is 13.5. The van der Waals surface area contributed by atoms with E-state index in [1.165, 1.54) is 12.1 Å². The summed E-state index contributed by atoms with van der Waals surface area (Å²) in [6, 6.07) is 3.57. The molecular weight excluding hydrogens is 221 g/mol. The lowest BCUT2D eigenvalue weighted by atomic mass is 9.96. The molecule has 1 unspecified atom stereocenters. The average molecular weight is 239 g/mol. The molecule has 0 amide bonds. The third-order valence-electron chi connectivity index (χ3n) is 2.54. The van der Waals surface area contributed by atoms with Crippen molar-refractivity contribution < 1.29 is 13.9 Å². The molecule has 0 aliphatic heterocycles. The van der Waals surface area contributed by atoms with Gasteiger partial charge in [0.1, 0.15) is 0 Å². The first-order valence-corrected chi connectivity index (χ1v) is 5.69. The molecule has 1 aromatic rings. The Hall–Kier alpha value is -1.42. The molecule has 3 nitrogen and oxygen atoms in total. The molecule has 0 aliphatic carbocycles. The number of benzene rings is 1. The summed E-state index contributed by atoms with van der Waals surface area (Å²) in [7, 11) is 0. The molecule has 0 saturated heterocycles. The number of rotatable bonds is 5. The lowest BCUT2D eigenvalue weighted by Crippen LogP contribution is -2.35. The molecule has 1 atom stereocenters. The van der Waals surface area contributed by atoms with E-state index in [1.807, 2.05) is 13.8 Å². The Labute approximate surface area is 101 Å². The Morgan fingerprint density at radius 2 is 2.12 bits per heavy atom. The third kappa shape index (κ3) is 3.27. The lowest BCUT2D eigenvalue weighted by molar-refractivity contribution is 0.0940. The van der Waals surface area contributed by atoms with Gasteiger partial charge in [-0.2, -0.15) is 0 Å². The standard InChI is InChI=1S/C13H18FNO2/c1-4-17-11-6-5-9(7-10(11)14)13(16)12(15)8(2)3/h5-8,12H,4,15H2,1-3H3. The van der Waals surface area contributed by atoms with Gasteiger partial charge in [0.15, 0.2) is 17.3 Å². The Morgan fingerprint density at radius 3 is 2.59 bits per heavy atom. The fourth-order valence-corrected chi connectivity index (χ4v) is 1.42. The Morgan fingerprint density at radius 1 is 1.47 bits per heavy atom. The number of carbonyl (C=O) groups is 1. The van der Waals surface area contributed by atoms with Gasteiger partial charge in [-0.3, -0.25) is 4.79 Å². The zero-order chi connectivity index (χ0) is 13.0. The van der Waals surface area contributed by atoms with Crippen molar-refractivity contribution in [2.24, 2.45) is 11.7 Å². The molecule has 0 aromatic heterocycles. The summed E-state index contributed by atoms with van der Waals surface area (Å²) in [5, 5.41) is 0. The third-order valence-corrected chi connectivity index (χ3v) is 2.54. The minimum absolute atomic E-state index is 0.0251. The van der Waals surface area contributed by atoms with Crippen LogP contribution in [0.15, 0.2) is 18.2 Å². The van der Waals surface area contributed by atoms with Crippen molar-refractivity contribution in [2.45, 2.75) is 26.8 Å². The van der Waals surface area contributed by atoms with Crippen molar-refractivity contribution >= 4 is 5.78 Å². The highest BCUT2D eigenvalue weighted by Gasteiger charge is 2.20. The van der Waals surface area contributed by atoms with Gasteiger partial charge in [-0.25, -0.2) is 4.39 Å². The smallest absolute Gasteiger partial charge is 0.179 e. The number of carbonyl (C=O) groups excluding carboxylic acids is 1. The molecule has 4 heteroatoms. The van der Waals surface area contributed by atoms with Crippen LogP contribution in [0.2, 0.25) is 0 Å². The first-order chi connectivity index (χ1) is 7.97. The van der Waals surface area contributed by atoms with Crippen LogP contribution in [0.4, 0.5) is 4.39 Å². The number of hydrogen-bond donors (Lipinski definition) is 1. The van der Waals surface area contributed by atoms with Crippen LogP contribution >= 0.6 is 0 Å². The highest BCUT2D eigenvalue weighted by atomic mass is 19.1. The van der Waals surface area contributed by atoms with E-state index < -0.39 is 11.9 Å². The maximum Gasteiger partial charge on any atom is 0.179 e. The molecule has 94 valence electrons. The van der Waals surface area contributed by atoms with Crippen LogP contribution in [0.1, 0.15) is 31.1 Å². The minimum Gasteiger partial charge on any atom is -0.491 e. The first kappa shape index (κ1) is 13.6. The Kier molecular flexibility index (Phi) is 4.63. The predicted molar refractivity (Wildman–Crippen MR) is 64.7 cm³/mol. The van der Waals surface area contributed by atoms with Gasteiger partial charge in [0.05, 0.1) is 12.6 Å². The molecule has 0 aliphatic rings. The van der Waals surface area contributed by atoms with Crippen LogP contribution in [-0.2, 0) is 0 Å². The van der Waals surface area contributed by atoms with Crippen LogP contribution in [0, 0.1) is 11.7 Å². The van der Waals surface area contributed by atoms with E-state index in [-0.39, 0.29) is 23.0 Å². The quantitative estimate of drug-likeness (QED) is 0.803. The molecule has 1 aromatic carbocycles. The van der Waals surface area contributed by atoms with E-state index in [1.54, 1.807) is 13.0 Å². The van der Waals surface area contributed by atoms with Crippen LogP contribution in [-0.4, -0.2) is 18.4 Å². The highest BCUT2D eigenvalue weighted by molar-refractivity contribution is 6.00. The van der Waals surface area contributed by atoms with Gasteiger partial charge in [-0.1, -0.05) is 13.8 Å². The van der Waals surface area contributed by atoms with Crippen LogP contribution in [0.25, 0.3) is 0 Å². The highest BCUT2D eigenvalue weighted by Crippen LogP contribution is 2.19. The molecule has 0 saturated carbocycles. The molecule has 0 bridgehead atoms. The van der Waals surface area contributed by atoms with Crippen molar-refractivity contribution in [3.8, 4) is 5.75 Å². The van der Waals surface area contributed by atoms with Gasteiger partial charge in [0.25, 0.3) is 0 Å². The van der Waals surface area contributed by atoms with E-state index >= 15 is 0 Å². The fraction of sp³-hybridized carbons (Fsp3) is 0.462. The predicted octanol–water partition coefficient (Wildman–Crippen LogP) is 2.39. The normalized spacial score (nSPS) is 12.6. The average Bonchev–Trinajstić information content (AvgIpc) is 2.30. The summed E-state index contributed by atoms with van der Waals surface area (Å²) >= 11 is 0. The van der Waals surface area contributed by atoms with Gasteiger partial charge < -0.3 is 10.5 Å². The van der Waals surface area contributed by atoms with Gasteiger partial charge in [0, 0.05) is 5.56 Å². The van der Waals surface area contributed by atoms with Gasteiger partial charge >= 0.3 is 0 Å². The number of Topliss-reactive ketones (excluding diaryl/α,β-unsaturated/α-hetero) is 1. The van der Waals surface area contributed by atoms with Crippen LogP contribution in [0.3, 0.4) is 0 Å². The Balaban J connectivity index is 2.93. The van der Waals surface area contributed by atoms with Crippen molar-refractivity contribution in [3.63, 3.8) is 0 Å². The zero-order valence-electron chi connectivity index (χ0n) is 10.4. The molecular formula is C13H18FNO2. The second kappa shape index (κ2) is 5.77. The van der Waals surface area contributed by atoms with E-state index in [9.17, 15) is 9.18 Å². The minimum atomic E-state index is -0.604. The maximum atomic E-state index is 13.5. The van der Waals surface area contributed by atoms with Gasteiger partial charge in [0.2, 0.25) is 0 Å². The SMILES string of the molecule is CCOc1ccc(C(=O)C(N)C(C)C)cc1F. The number of halogens is 1. The number of ether oxygens (including phenoxy) is 1. The van der Waals surface area contributed by atoms with Crippen molar-refractivity contribution in [3.05, 3.63) is 29.6 Å². The van der Waals surface area contributed by atoms with Crippen LogP contribution < -0.4 is 10.5 Å². The summed E-state index contributed by atoms with van der Waals surface area (Å²) < 4.78 is 18.6. The van der Waals surface area contributed by atoms with E-state index in [0.717, 1.165) is 0 Å². The summed E-state index contributed by atoms with van der Waals surface area (Å²) in [6.45, 7) is 5.86. The zero-order valence-corrected chi connectivity index (χ0v) is 10.4. The van der Waals surface area contributed by atoms with E-state index in [2.05, 4.69) is 0 Å². The molecule has 0 radical (unpaired) electrons.